The van der Waals surface area contributed by atoms with Crippen LogP contribution in [-0.4, -0.2) is 64.9 Å². The Morgan fingerprint density at radius 2 is 2.33 bits per heavy atom. The Hall–Kier alpha value is -3.27. The van der Waals surface area contributed by atoms with Crippen molar-refractivity contribution in [1.29, 1.82) is 0 Å². The molecule has 2 aliphatic heterocycles. The van der Waals surface area contributed by atoms with Crippen molar-refractivity contribution >= 4 is 23.3 Å². The minimum absolute atomic E-state index is 0.192. The van der Waals surface area contributed by atoms with Crippen LogP contribution >= 0.6 is 0 Å². The molecule has 1 N–H and O–H groups in total. The van der Waals surface area contributed by atoms with E-state index in [1.54, 1.807) is 17.6 Å². The first kappa shape index (κ1) is 20.0. The smallest absolute Gasteiger partial charge is 0.256 e. The maximum Gasteiger partial charge on any atom is 0.256 e. The number of hydrogen-bond donors (Lipinski definition) is 1. The second kappa shape index (κ2) is 8.23. The summed E-state index contributed by atoms with van der Waals surface area (Å²) in [7, 11) is 0. The van der Waals surface area contributed by atoms with E-state index in [9.17, 15) is 9.18 Å². The van der Waals surface area contributed by atoms with E-state index >= 15 is 0 Å². The third kappa shape index (κ3) is 3.90. The molecule has 9 nitrogen and oxygen atoms in total. The summed E-state index contributed by atoms with van der Waals surface area (Å²) in [4.78, 5) is 23.6. The van der Waals surface area contributed by atoms with Crippen molar-refractivity contribution in [2.45, 2.75) is 26.0 Å². The molecule has 0 aromatic carbocycles. The van der Waals surface area contributed by atoms with E-state index in [-0.39, 0.29) is 24.4 Å². The van der Waals surface area contributed by atoms with Crippen LogP contribution in [0, 0.1) is 0 Å². The second-order valence-electron chi connectivity index (χ2n) is 7.21. The maximum atomic E-state index is 13.3. The molecule has 2 aliphatic rings. The van der Waals surface area contributed by atoms with Crippen LogP contribution in [0.5, 0.6) is 0 Å². The van der Waals surface area contributed by atoms with Gasteiger partial charge >= 0.3 is 0 Å². The van der Waals surface area contributed by atoms with Crippen molar-refractivity contribution in [3.8, 4) is 0 Å². The predicted molar refractivity (Wildman–Crippen MR) is 109 cm³/mol. The number of halogens is 1. The van der Waals surface area contributed by atoms with E-state index in [2.05, 4.69) is 27.0 Å². The van der Waals surface area contributed by atoms with E-state index in [0.29, 0.717) is 42.4 Å². The lowest BCUT2D eigenvalue weighted by atomic mass is 10.1. The molecular formula is C20H23FN6O3. The SMILES string of the molecule is C=C1/C(=N\C=C(/C)F)O[C@@H](C)CNC(=O)c2cnn3ccc(nc23)N2CCOC[C@@H]12. The average molecular weight is 414 g/mol. The highest BCUT2D eigenvalue weighted by atomic mass is 19.1. The van der Waals surface area contributed by atoms with Gasteiger partial charge < -0.3 is 19.7 Å². The fraction of sp³-hybridized carbons (Fsp3) is 0.400. The fourth-order valence-electron chi connectivity index (χ4n) is 3.39. The Balaban J connectivity index is 1.82. The van der Waals surface area contributed by atoms with Crippen LogP contribution in [0.15, 0.2) is 47.6 Å². The highest BCUT2D eigenvalue weighted by Gasteiger charge is 2.31. The molecule has 10 heteroatoms. The van der Waals surface area contributed by atoms with Gasteiger partial charge in [-0.25, -0.2) is 18.9 Å². The number of carbonyl (C=O) groups excluding carboxylic acids is 1. The average Bonchev–Trinajstić information content (AvgIpc) is 3.17. The second-order valence-corrected chi connectivity index (χ2v) is 7.21. The van der Waals surface area contributed by atoms with Crippen LogP contribution in [0.3, 0.4) is 0 Å². The molecule has 0 spiro atoms. The van der Waals surface area contributed by atoms with Crippen molar-refractivity contribution in [3.05, 3.63) is 48.2 Å². The fourth-order valence-corrected chi connectivity index (χ4v) is 3.39. The summed E-state index contributed by atoms with van der Waals surface area (Å²) in [5, 5.41) is 7.03. The molecule has 1 amide bonds. The van der Waals surface area contributed by atoms with E-state index in [4.69, 9.17) is 9.47 Å². The number of fused-ring (bicyclic) bond motifs is 3. The van der Waals surface area contributed by atoms with Crippen LogP contribution in [0.1, 0.15) is 24.2 Å². The summed E-state index contributed by atoms with van der Waals surface area (Å²) >= 11 is 0. The standard InChI is InChI=1S/C20H23FN6O3/c1-12(21)8-23-20-14(3)16-11-29-7-6-26(16)17-4-5-27-18(25-17)15(10-24-27)19(28)22-9-13(2)30-20/h4-5,8,10,13,16H,3,6-7,9,11H2,1-2H3,(H,22,28)/b12-8+,23-20+/t13-,16-/m0/s1. The Morgan fingerprint density at radius 3 is 3.13 bits per heavy atom. The molecule has 2 aromatic heterocycles. The molecule has 2 atom stereocenters. The van der Waals surface area contributed by atoms with E-state index in [1.807, 2.05) is 11.0 Å². The van der Waals surface area contributed by atoms with Gasteiger partial charge in [0.1, 0.15) is 23.3 Å². The number of amides is 1. The van der Waals surface area contributed by atoms with Gasteiger partial charge in [-0.1, -0.05) is 6.58 Å². The van der Waals surface area contributed by atoms with Gasteiger partial charge in [-0.3, -0.25) is 4.79 Å². The molecule has 0 saturated carbocycles. The Labute approximate surface area is 172 Å². The number of ether oxygens (including phenoxy) is 2. The zero-order valence-electron chi connectivity index (χ0n) is 16.8. The minimum atomic E-state index is -0.459. The van der Waals surface area contributed by atoms with Gasteiger partial charge in [-0.15, -0.1) is 0 Å². The van der Waals surface area contributed by atoms with Crippen LogP contribution in [-0.2, 0) is 9.47 Å². The summed E-state index contributed by atoms with van der Waals surface area (Å²) in [5.74, 6) is 0.0757. The first-order valence-electron chi connectivity index (χ1n) is 9.67. The zero-order valence-corrected chi connectivity index (χ0v) is 16.8. The van der Waals surface area contributed by atoms with Crippen molar-refractivity contribution in [1.82, 2.24) is 19.9 Å². The van der Waals surface area contributed by atoms with Crippen LogP contribution < -0.4 is 10.2 Å². The molecular weight excluding hydrogens is 391 g/mol. The summed E-state index contributed by atoms with van der Waals surface area (Å²) in [6, 6.07) is 1.50. The van der Waals surface area contributed by atoms with Gasteiger partial charge in [0.25, 0.3) is 5.91 Å². The highest BCUT2D eigenvalue weighted by molar-refractivity contribution is 6.00. The third-order valence-corrected chi connectivity index (χ3v) is 4.92. The number of aliphatic imine (C=N–C) groups is 1. The van der Waals surface area contributed by atoms with Crippen LogP contribution in [0.4, 0.5) is 10.2 Å². The molecule has 30 heavy (non-hydrogen) atoms. The van der Waals surface area contributed by atoms with Crippen LogP contribution in [0.25, 0.3) is 5.65 Å². The molecule has 2 bridgehead atoms. The monoisotopic (exact) mass is 414 g/mol. The number of anilines is 1. The number of aromatic nitrogens is 3. The van der Waals surface area contributed by atoms with Crippen molar-refractivity contribution in [3.63, 3.8) is 0 Å². The van der Waals surface area contributed by atoms with Crippen LogP contribution in [0.2, 0.25) is 0 Å². The van der Waals surface area contributed by atoms with Gasteiger partial charge in [0, 0.05) is 18.3 Å². The van der Waals surface area contributed by atoms with Crippen molar-refractivity contribution in [2.75, 3.05) is 31.2 Å². The summed E-state index contributed by atoms with van der Waals surface area (Å²) in [6.45, 7) is 8.89. The van der Waals surface area contributed by atoms with Crippen molar-refractivity contribution < 1.29 is 18.7 Å². The summed E-state index contributed by atoms with van der Waals surface area (Å²) in [6.07, 6.45) is 3.90. The molecule has 158 valence electrons. The number of morpholine rings is 1. The lowest BCUT2D eigenvalue weighted by Crippen LogP contribution is -2.48. The topological polar surface area (TPSA) is 93.3 Å². The molecule has 1 saturated heterocycles. The maximum absolute atomic E-state index is 13.3. The molecule has 0 aliphatic carbocycles. The highest BCUT2D eigenvalue weighted by Crippen LogP contribution is 2.24. The third-order valence-electron chi connectivity index (χ3n) is 4.92. The molecule has 4 heterocycles. The first-order chi connectivity index (χ1) is 14.4. The molecule has 2 aromatic rings. The Bertz CT molecular complexity index is 1040. The van der Waals surface area contributed by atoms with E-state index < -0.39 is 11.9 Å². The number of nitrogens with zero attached hydrogens (tertiary/aromatic N) is 5. The number of carbonyl (C=O) groups is 1. The number of nitrogens with one attached hydrogen (secondary N) is 1. The Morgan fingerprint density at radius 1 is 1.50 bits per heavy atom. The van der Waals surface area contributed by atoms with E-state index in [1.165, 1.54) is 13.1 Å². The zero-order chi connectivity index (χ0) is 21.3. The molecule has 4 rings (SSSR count). The summed E-state index contributed by atoms with van der Waals surface area (Å²) in [5.41, 5.74) is 1.37. The van der Waals surface area contributed by atoms with Gasteiger partial charge in [0.05, 0.1) is 38.2 Å². The lowest BCUT2D eigenvalue weighted by Gasteiger charge is -2.37. The van der Waals surface area contributed by atoms with Gasteiger partial charge in [0.15, 0.2) is 5.65 Å². The summed E-state index contributed by atoms with van der Waals surface area (Å²) < 4.78 is 26.5. The lowest BCUT2D eigenvalue weighted by molar-refractivity contribution is 0.0928. The largest absolute Gasteiger partial charge is 0.473 e. The molecule has 0 radical (unpaired) electrons. The first-order valence-corrected chi connectivity index (χ1v) is 9.67. The van der Waals surface area contributed by atoms with Gasteiger partial charge in [-0.2, -0.15) is 5.10 Å². The number of allylic oxidation sites excluding steroid dienone is 1. The number of hydrogen-bond acceptors (Lipinski definition) is 7. The predicted octanol–water partition coefficient (Wildman–Crippen LogP) is 1.87. The quantitative estimate of drug-likeness (QED) is 0.766. The Kier molecular flexibility index (Phi) is 5.49. The van der Waals surface area contributed by atoms with E-state index in [0.717, 1.165) is 6.20 Å². The van der Waals surface area contributed by atoms with Gasteiger partial charge in [-0.05, 0) is 19.9 Å². The van der Waals surface area contributed by atoms with Gasteiger partial charge in [0.2, 0.25) is 5.90 Å². The number of rotatable bonds is 1. The molecule has 1 fully saturated rings. The van der Waals surface area contributed by atoms with Crippen molar-refractivity contribution in [2.24, 2.45) is 4.99 Å². The molecule has 0 unspecified atom stereocenters. The normalized spacial score (nSPS) is 24.7. The minimum Gasteiger partial charge on any atom is -0.473 e.